The second-order valence-electron chi connectivity index (χ2n) is 5.95. The molecule has 0 aliphatic rings. The van der Waals surface area contributed by atoms with Crippen molar-refractivity contribution in [3.63, 3.8) is 0 Å². The summed E-state index contributed by atoms with van der Waals surface area (Å²) in [6.45, 7) is 4.00. The zero-order valence-electron chi connectivity index (χ0n) is 13.7. The Kier molecular flexibility index (Phi) is 3.89. The van der Waals surface area contributed by atoms with Gasteiger partial charge in [0, 0.05) is 25.6 Å². The summed E-state index contributed by atoms with van der Waals surface area (Å²) in [5, 5.41) is 10.9. The monoisotopic (exact) mass is 323 g/mol. The van der Waals surface area contributed by atoms with Crippen molar-refractivity contribution in [2.45, 2.75) is 20.3 Å². The van der Waals surface area contributed by atoms with Gasteiger partial charge in [0.05, 0.1) is 16.0 Å². The van der Waals surface area contributed by atoms with E-state index < -0.39 is 4.92 Å². The third kappa shape index (κ3) is 2.78. The van der Waals surface area contributed by atoms with Crippen LogP contribution in [0, 0.1) is 24.0 Å². The lowest BCUT2D eigenvalue weighted by molar-refractivity contribution is -0.384. The van der Waals surface area contributed by atoms with Crippen LogP contribution in [-0.4, -0.2) is 14.5 Å². The first-order chi connectivity index (χ1) is 11.4. The Labute approximate surface area is 138 Å². The summed E-state index contributed by atoms with van der Waals surface area (Å²) in [4.78, 5) is 27.5. The summed E-state index contributed by atoms with van der Waals surface area (Å²) in [7, 11) is 1.72. The summed E-state index contributed by atoms with van der Waals surface area (Å²) >= 11 is 0. The van der Waals surface area contributed by atoms with Crippen molar-refractivity contribution >= 4 is 16.7 Å². The maximum atomic E-state index is 12.6. The van der Waals surface area contributed by atoms with E-state index in [9.17, 15) is 14.9 Å². The van der Waals surface area contributed by atoms with Crippen LogP contribution in [0.1, 0.15) is 22.4 Å². The molecular weight excluding hydrogens is 306 g/mol. The molecule has 3 aromatic rings. The minimum atomic E-state index is -0.443. The molecule has 0 amide bonds. The van der Waals surface area contributed by atoms with Gasteiger partial charge in [0.15, 0.2) is 0 Å². The molecule has 0 aliphatic carbocycles. The van der Waals surface area contributed by atoms with Crippen LogP contribution in [0.4, 0.5) is 5.69 Å². The van der Waals surface area contributed by atoms with E-state index >= 15 is 0 Å². The number of nitro groups is 1. The highest BCUT2D eigenvalue weighted by Gasteiger charge is 2.12. The standard InChI is InChI=1S/C18H17N3O3/c1-11-7-15-17(8-12(11)2)20(3)18(22)16(19-15)10-13-5-4-6-14(9-13)21(23)24/h4-9H,10H2,1-3H3. The highest BCUT2D eigenvalue weighted by molar-refractivity contribution is 5.76. The van der Waals surface area contributed by atoms with Gasteiger partial charge in [-0.3, -0.25) is 14.9 Å². The average molecular weight is 323 g/mol. The van der Waals surface area contributed by atoms with E-state index in [-0.39, 0.29) is 17.7 Å². The zero-order chi connectivity index (χ0) is 17.4. The molecule has 24 heavy (non-hydrogen) atoms. The van der Waals surface area contributed by atoms with Crippen LogP contribution < -0.4 is 5.56 Å². The van der Waals surface area contributed by atoms with E-state index in [1.807, 2.05) is 26.0 Å². The molecule has 0 fully saturated rings. The molecule has 1 heterocycles. The third-order valence-electron chi connectivity index (χ3n) is 4.25. The van der Waals surface area contributed by atoms with Gasteiger partial charge in [-0.25, -0.2) is 4.98 Å². The van der Waals surface area contributed by atoms with Gasteiger partial charge in [0.1, 0.15) is 5.69 Å². The van der Waals surface area contributed by atoms with Crippen LogP contribution in [0.2, 0.25) is 0 Å². The number of benzene rings is 2. The Balaban J connectivity index is 2.12. The highest BCUT2D eigenvalue weighted by Crippen LogP contribution is 2.18. The molecule has 0 N–H and O–H groups in total. The summed E-state index contributed by atoms with van der Waals surface area (Å²) in [6.07, 6.45) is 0.261. The first-order valence-electron chi connectivity index (χ1n) is 7.57. The fourth-order valence-corrected chi connectivity index (χ4v) is 2.73. The van der Waals surface area contributed by atoms with Crippen molar-refractivity contribution in [3.05, 3.63) is 79.3 Å². The molecule has 0 unspecified atom stereocenters. The lowest BCUT2D eigenvalue weighted by Crippen LogP contribution is -2.23. The van der Waals surface area contributed by atoms with Gasteiger partial charge < -0.3 is 4.57 Å². The van der Waals surface area contributed by atoms with Crippen molar-refractivity contribution in [1.29, 1.82) is 0 Å². The SMILES string of the molecule is Cc1cc2nc(Cc3cccc([N+](=O)[O-])c3)c(=O)n(C)c2cc1C. The Hall–Kier alpha value is -3.02. The molecule has 0 aliphatic heterocycles. The normalized spacial score (nSPS) is 11.0. The zero-order valence-corrected chi connectivity index (χ0v) is 13.7. The van der Waals surface area contributed by atoms with E-state index in [0.717, 1.165) is 22.2 Å². The number of aromatic nitrogens is 2. The van der Waals surface area contributed by atoms with Crippen molar-refractivity contribution in [2.24, 2.45) is 7.05 Å². The molecule has 2 aromatic carbocycles. The van der Waals surface area contributed by atoms with Crippen molar-refractivity contribution in [1.82, 2.24) is 9.55 Å². The van der Waals surface area contributed by atoms with Gasteiger partial charge in [-0.05, 0) is 42.7 Å². The number of nitrogens with zero attached hydrogens (tertiary/aromatic N) is 3. The maximum Gasteiger partial charge on any atom is 0.272 e. The summed E-state index contributed by atoms with van der Waals surface area (Å²) in [6, 6.07) is 10.2. The van der Waals surface area contributed by atoms with Crippen molar-refractivity contribution in [2.75, 3.05) is 0 Å². The molecule has 0 saturated heterocycles. The predicted octanol–water partition coefficient (Wildman–Crippen LogP) is 3.05. The summed E-state index contributed by atoms with van der Waals surface area (Å²) in [5.41, 5.74) is 4.65. The second kappa shape index (κ2) is 5.88. The summed E-state index contributed by atoms with van der Waals surface area (Å²) < 4.78 is 1.58. The number of fused-ring (bicyclic) bond motifs is 1. The molecule has 6 heteroatoms. The second-order valence-corrected chi connectivity index (χ2v) is 5.95. The lowest BCUT2D eigenvalue weighted by Gasteiger charge is -2.10. The number of rotatable bonds is 3. The minimum absolute atomic E-state index is 0.0107. The van der Waals surface area contributed by atoms with Gasteiger partial charge in [-0.15, -0.1) is 0 Å². The van der Waals surface area contributed by atoms with Crippen LogP contribution in [0.15, 0.2) is 41.2 Å². The number of aryl methyl sites for hydroxylation is 3. The molecule has 0 saturated carbocycles. The van der Waals surface area contributed by atoms with Gasteiger partial charge >= 0.3 is 0 Å². The molecule has 6 nitrogen and oxygen atoms in total. The number of hydrogen-bond donors (Lipinski definition) is 0. The molecule has 122 valence electrons. The first kappa shape index (κ1) is 15.9. The molecule has 3 rings (SSSR count). The van der Waals surface area contributed by atoms with E-state index in [4.69, 9.17) is 0 Å². The van der Waals surface area contributed by atoms with Crippen LogP contribution in [0.25, 0.3) is 11.0 Å². The smallest absolute Gasteiger partial charge is 0.272 e. The van der Waals surface area contributed by atoms with Crippen LogP contribution in [0.3, 0.4) is 0 Å². The first-order valence-corrected chi connectivity index (χ1v) is 7.57. The van der Waals surface area contributed by atoms with Gasteiger partial charge in [-0.2, -0.15) is 0 Å². The largest absolute Gasteiger partial charge is 0.308 e. The molecule has 0 radical (unpaired) electrons. The highest BCUT2D eigenvalue weighted by atomic mass is 16.6. The number of nitro benzene ring substituents is 1. The quantitative estimate of drug-likeness (QED) is 0.548. The summed E-state index contributed by atoms with van der Waals surface area (Å²) in [5.74, 6) is 0. The third-order valence-corrected chi connectivity index (χ3v) is 4.25. The van der Waals surface area contributed by atoms with E-state index in [1.165, 1.54) is 12.1 Å². The molecular formula is C18H17N3O3. The fraction of sp³-hybridized carbons (Fsp3) is 0.222. The Morgan fingerprint density at radius 2 is 1.88 bits per heavy atom. The van der Waals surface area contributed by atoms with Crippen molar-refractivity contribution < 1.29 is 4.92 Å². The van der Waals surface area contributed by atoms with Crippen LogP contribution in [-0.2, 0) is 13.5 Å². The van der Waals surface area contributed by atoms with Gasteiger partial charge in [0.25, 0.3) is 11.2 Å². The average Bonchev–Trinajstić information content (AvgIpc) is 2.55. The molecule has 0 bridgehead atoms. The lowest BCUT2D eigenvalue weighted by atomic mass is 10.1. The van der Waals surface area contributed by atoms with E-state index in [2.05, 4.69) is 4.98 Å². The fourth-order valence-electron chi connectivity index (χ4n) is 2.73. The predicted molar refractivity (Wildman–Crippen MR) is 92.4 cm³/mol. The maximum absolute atomic E-state index is 12.6. The Bertz CT molecular complexity index is 1020. The molecule has 1 aromatic heterocycles. The van der Waals surface area contributed by atoms with Crippen LogP contribution in [0.5, 0.6) is 0 Å². The van der Waals surface area contributed by atoms with E-state index in [1.54, 1.807) is 23.7 Å². The van der Waals surface area contributed by atoms with Crippen LogP contribution >= 0.6 is 0 Å². The topological polar surface area (TPSA) is 78.0 Å². The molecule has 0 spiro atoms. The Morgan fingerprint density at radius 3 is 2.58 bits per heavy atom. The van der Waals surface area contributed by atoms with Gasteiger partial charge in [0.2, 0.25) is 0 Å². The Morgan fingerprint density at radius 1 is 1.17 bits per heavy atom. The minimum Gasteiger partial charge on any atom is -0.308 e. The van der Waals surface area contributed by atoms with E-state index in [0.29, 0.717) is 11.3 Å². The number of non-ortho nitro benzene ring substituents is 1. The van der Waals surface area contributed by atoms with Gasteiger partial charge in [-0.1, -0.05) is 12.1 Å². The number of hydrogen-bond acceptors (Lipinski definition) is 4. The molecule has 0 atom stereocenters. The van der Waals surface area contributed by atoms with Crippen molar-refractivity contribution in [3.8, 4) is 0 Å².